The topological polar surface area (TPSA) is 26.3 Å². The van der Waals surface area contributed by atoms with Crippen LogP contribution in [0.2, 0.25) is 0 Å². The van der Waals surface area contributed by atoms with Gasteiger partial charge in [0.1, 0.15) is 5.75 Å². The smallest absolute Gasteiger partial charge is 0.162 e. The Morgan fingerprint density at radius 3 is 2.87 bits per heavy atom. The maximum absolute atomic E-state index is 11.7. The summed E-state index contributed by atoms with van der Waals surface area (Å²) >= 11 is 0. The van der Waals surface area contributed by atoms with E-state index in [4.69, 9.17) is 4.74 Å². The van der Waals surface area contributed by atoms with Gasteiger partial charge >= 0.3 is 0 Å². The molecule has 1 unspecified atom stereocenters. The Kier molecular flexibility index (Phi) is 2.86. The quantitative estimate of drug-likeness (QED) is 0.737. The first-order valence-electron chi connectivity index (χ1n) is 5.16. The van der Waals surface area contributed by atoms with Crippen LogP contribution in [0.1, 0.15) is 24.3 Å². The third kappa shape index (κ3) is 1.94. The highest BCUT2D eigenvalue weighted by atomic mass is 16.5. The van der Waals surface area contributed by atoms with Crippen molar-refractivity contribution in [2.75, 3.05) is 7.11 Å². The van der Waals surface area contributed by atoms with E-state index in [1.54, 1.807) is 13.2 Å². The first-order valence-corrected chi connectivity index (χ1v) is 5.16. The molecule has 1 aromatic rings. The first kappa shape index (κ1) is 9.97. The minimum Gasteiger partial charge on any atom is -0.496 e. The second-order valence-corrected chi connectivity index (χ2v) is 3.68. The summed E-state index contributed by atoms with van der Waals surface area (Å²) in [7, 11) is 1.64. The highest BCUT2D eigenvalue weighted by Gasteiger charge is 2.23. The van der Waals surface area contributed by atoms with Crippen LogP contribution in [0, 0.1) is 0 Å². The van der Waals surface area contributed by atoms with Crippen molar-refractivity contribution in [2.45, 2.75) is 18.8 Å². The van der Waals surface area contributed by atoms with Gasteiger partial charge in [-0.3, -0.25) is 4.79 Å². The Labute approximate surface area is 89.6 Å². The lowest BCUT2D eigenvalue weighted by Crippen LogP contribution is -2.13. The number of carbonyl (C=O) groups excluding carboxylic acids is 1. The van der Waals surface area contributed by atoms with Crippen molar-refractivity contribution in [3.05, 3.63) is 42.0 Å². The van der Waals surface area contributed by atoms with Crippen molar-refractivity contribution in [3.8, 4) is 5.75 Å². The number of hydrogen-bond donors (Lipinski definition) is 0. The SMILES string of the molecule is COc1ccccc1C1CCC=CC1=O. The fraction of sp³-hybridized carbons (Fsp3) is 0.308. The summed E-state index contributed by atoms with van der Waals surface area (Å²) in [6.07, 6.45) is 5.47. The molecule has 2 heteroatoms. The van der Waals surface area contributed by atoms with Gasteiger partial charge in [0.25, 0.3) is 0 Å². The van der Waals surface area contributed by atoms with Crippen molar-refractivity contribution in [1.82, 2.24) is 0 Å². The summed E-state index contributed by atoms with van der Waals surface area (Å²) in [6.45, 7) is 0. The van der Waals surface area contributed by atoms with E-state index in [-0.39, 0.29) is 11.7 Å². The number of benzene rings is 1. The van der Waals surface area contributed by atoms with Crippen LogP contribution in [0.5, 0.6) is 5.75 Å². The molecular formula is C13H14O2. The van der Waals surface area contributed by atoms with Crippen LogP contribution < -0.4 is 4.74 Å². The lowest BCUT2D eigenvalue weighted by Gasteiger charge is -2.19. The molecule has 0 amide bonds. The molecule has 0 N–H and O–H groups in total. The van der Waals surface area contributed by atoms with Gasteiger partial charge in [-0.15, -0.1) is 0 Å². The number of carbonyl (C=O) groups is 1. The summed E-state index contributed by atoms with van der Waals surface area (Å²) in [5.74, 6) is 0.975. The van der Waals surface area contributed by atoms with Crippen LogP contribution in [0.15, 0.2) is 36.4 Å². The van der Waals surface area contributed by atoms with E-state index in [1.807, 2.05) is 30.3 Å². The summed E-state index contributed by atoms with van der Waals surface area (Å²) in [4.78, 5) is 11.7. The van der Waals surface area contributed by atoms with Gasteiger partial charge in [-0.25, -0.2) is 0 Å². The van der Waals surface area contributed by atoms with E-state index < -0.39 is 0 Å². The predicted molar refractivity (Wildman–Crippen MR) is 59.1 cm³/mol. The molecule has 0 saturated carbocycles. The Bertz CT molecular complexity index is 393. The standard InChI is InChI=1S/C13H14O2/c1-15-13-9-5-3-7-11(13)10-6-2-4-8-12(10)14/h3-5,7-10H,2,6H2,1H3. The number of ether oxygens (including phenoxy) is 1. The molecule has 2 rings (SSSR count). The minimum atomic E-state index is -0.0221. The zero-order valence-electron chi connectivity index (χ0n) is 8.77. The van der Waals surface area contributed by atoms with Crippen LogP contribution in [-0.2, 0) is 4.79 Å². The molecule has 1 aliphatic carbocycles. The van der Waals surface area contributed by atoms with Gasteiger partial charge in [-0.05, 0) is 25.0 Å². The van der Waals surface area contributed by atoms with Crippen LogP contribution in [0.4, 0.5) is 0 Å². The number of ketones is 1. The Morgan fingerprint density at radius 1 is 1.33 bits per heavy atom. The molecule has 1 atom stereocenters. The predicted octanol–water partition coefficient (Wildman–Crippen LogP) is 2.70. The molecule has 0 aromatic heterocycles. The monoisotopic (exact) mass is 202 g/mol. The molecular weight excluding hydrogens is 188 g/mol. The maximum Gasteiger partial charge on any atom is 0.162 e. The number of para-hydroxylation sites is 1. The second kappa shape index (κ2) is 4.30. The molecule has 1 aliphatic rings. The zero-order chi connectivity index (χ0) is 10.7. The fourth-order valence-electron chi connectivity index (χ4n) is 1.98. The van der Waals surface area contributed by atoms with E-state index in [1.165, 1.54) is 0 Å². The lowest BCUT2D eigenvalue weighted by atomic mass is 9.86. The molecule has 15 heavy (non-hydrogen) atoms. The molecule has 0 aliphatic heterocycles. The van der Waals surface area contributed by atoms with Gasteiger partial charge in [0.15, 0.2) is 5.78 Å². The lowest BCUT2D eigenvalue weighted by molar-refractivity contribution is -0.116. The third-order valence-electron chi connectivity index (χ3n) is 2.76. The van der Waals surface area contributed by atoms with Crippen molar-refractivity contribution < 1.29 is 9.53 Å². The van der Waals surface area contributed by atoms with Gasteiger partial charge in [0, 0.05) is 5.56 Å². The van der Waals surface area contributed by atoms with Gasteiger partial charge in [0.2, 0.25) is 0 Å². The van der Waals surface area contributed by atoms with Crippen LogP contribution in [0.25, 0.3) is 0 Å². The second-order valence-electron chi connectivity index (χ2n) is 3.68. The highest BCUT2D eigenvalue weighted by molar-refractivity contribution is 5.96. The molecule has 0 spiro atoms. The molecule has 0 bridgehead atoms. The number of rotatable bonds is 2. The largest absolute Gasteiger partial charge is 0.496 e. The minimum absolute atomic E-state index is 0.0221. The molecule has 78 valence electrons. The van der Waals surface area contributed by atoms with Crippen molar-refractivity contribution in [3.63, 3.8) is 0 Å². The molecule has 0 saturated heterocycles. The summed E-state index contributed by atoms with van der Waals surface area (Å²) < 4.78 is 5.27. The highest BCUT2D eigenvalue weighted by Crippen LogP contribution is 2.32. The number of hydrogen-bond acceptors (Lipinski definition) is 2. The Morgan fingerprint density at radius 2 is 2.13 bits per heavy atom. The zero-order valence-corrected chi connectivity index (χ0v) is 8.77. The van der Waals surface area contributed by atoms with Crippen LogP contribution >= 0.6 is 0 Å². The fourth-order valence-corrected chi connectivity index (χ4v) is 1.98. The maximum atomic E-state index is 11.7. The molecule has 2 nitrogen and oxygen atoms in total. The van der Waals surface area contributed by atoms with E-state index in [0.717, 1.165) is 24.2 Å². The molecule has 0 heterocycles. The van der Waals surface area contributed by atoms with E-state index >= 15 is 0 Å². The van der Waals surface area contributed by atoms with Crippen LogP contribution in [-0.4, -0.2) is 12.9 Å². The van der Waals surface area contributed by atoms with Gasteiger partial charge in [0.05, 0.1) is 13.0 Å². The summed E-state index contributed by atoms with van der Waals surface area (Å²) in [5.41, 5.74) is 1.01. The number of methoxy groups -OCH3 is 1. The van der Waals surface area contributed by atoms with Crippen LogP contribution in [0.3, 0.4) is 0 Å². The van der Waals surface area contributed by atoms with Gasteiger partial charge in [-0.2, -0.15) is 0 Å². The summed E-state index contributed by atoms with van der Waals surface area (Å²) in [6, 6.07) is 7.75. The van der Waals surface area contributed by atoms with E-state index in [9.17, 15) is 4.79 Å². The molecule has 0 fully saturated rings. The van der Waals surface area contributed by atoms with Gasteiger partial charge in [-0.1, -0.05) is 24.3 Å². The van der Waals surface area contributed by atoms with E-state index in [2.05, 4.69) is 0 Å². The Balaban J connectivity index is 2.36. The molecule has 0 radical (unpaired) electrons. The Hall–Kier alpha value is -1.57. The average molecular weight is 202 g/mol. The van der Waals surface area contributed by atoms with E-state index in [0.29, 0.717) is 0 Å². The average Bonchev–Trinajstić information content (AvgIpc) is 2.30. The van der Waals surface area contributed by atoms with Crippen molar-refractivity contribution >= 4 is 5.78 Å². The third-order valence-corrected chi connectivity index (χ3v) is 2.76. The van der Waals surface area contributed by atoms with Crippen molar-refractivity contribution in [2.24, 2.45) is 0 Å². The normalized spacial score (nSPS) is 20.3. The first-order chi connectivity index (χ1) is 7.33. The molecule has 1 aromatic carbocycles. The summed E-state index contributed by atoms with van der Waals surface area (Å²) in [5, 5.41) is 0. The van der Waals surface area contributed by atoms with Gasteiger partial charge < -0.3 is 4.74 Å². The number of allylic oxidation sites excluding steroid dienone is 2. The van der Waals surface area contributed by atoms with Crippen molar-refractivity contribution in [1.29, 1.82) is 0 Å².